The van der Waals surface area contributed by atoms with E-state index < -0.39 is 0 Å². The second-order valence-corrected chi connectivity index (χ2v) is 7.51. The van der Waals surface area contributed by atoms with Gasteiger partial charge in [-0.05, 0) is 38.2 Å². The fraction of sp³-hybridized carbons (Fsp3) is 0.500. The maximum Gasteiger partial charge on any atom is 0.275 e. The lowest BCUT2D eigenvalue weighted by Crippen LogP contribution is -2.54. The van der Waals surface area contributed by atoms with E-state index in [2.05, 4.69) is 46.1 Å². The smallest absolute Gasteiger partial charge is 0.275 e. The Labute approximate surface area is 159 Å². The second-order valence-electron chi connectivity index (χ2n) is 7.51. The van der Waals surface area contributed by atoms with Crippen molar-refractivity contribution in [2.75, 3.05) is 45.2 Å². The zero-order valence-electron chi connectivity index (χ0n) is 16.2. The van der Waals surface area contributed by atoms with Crippen LogP contribution in [0, 0.1) is 0 Å². The molecule has 0 radical (unpaired) electrons. The Kier molecular flexibility index (Phi) is 4.78. The number of hydrogen-bond acceptors (Lipinski definition) is 5. The van der Waals surface area contributed by atoms with E-state index in [4.69, 9.17) is 4.74 Å². The van der Waals surface area contributed by atoms with Gasteiger partial charge in [0.1, 0.15) is 5.75 Å². The van der Waals surface area contributed by atoms with Crippen molar-refractivity contribution in [1.29, 1.82) is 0 Å². The minimum Gasteiger partial charge on any atom is -0.497 e. The number of H-pyrrole nitrogens is 1. The number of carbonyl (C=O) groups is 1. The zero-order chi connectivity index (χ0) is 19.0. The van der Waals surface area contributed by atoms with Crippen LogP contribution in [0.25, 0.3) is 0 Å². The van der Waals surface area contributed by atoms with Gasteiger partial charge in [0.05, 0.1) is 7.11 Å². The van der Waals surface area contributed by atoms with E-state index in [0.717, 1.165) is 55.3 Å². The number of rotatable bonds is 3. The van der Waals surface area contributed by atoms with Crippen LogP contribution in [-0.4, -0.2) is 72.3 Å². The van der Waals surface area contributed by atoms with Crippen LogP contribution in [0.4, 0.5) is 5.69 Å². The van der Waals surface area contributed by atoms with Gasteiger partial charge >= 0.3 is 0 Å². The van der Waals surface area contributed by atoms with E-state index in [-0.39, 0.29) is 11.9 Å². The number of aromatic nitrogens is 2. The molecule has 1 unspecified atom stereocenters. The predicted octanol–water partition coefficient (Wildman–Crippen LogP) is 1.76. The van der Waals surface area contributed by atoms with Crippen molar-refractivity contribution in [1.82, 2.24) is 20.0 Å². The number of amides is 1. The van der Waals surface area contributed by atoms with Gasteiger partial charge in [-0.2, -0.15) is 5.10 Å². The molecule has 4 rings (SSSR count). The lowest BCUT2D eigenvalue weighted by molar-refractivity contribution is 0.0665. The standard InChI is InChI=1S/C20H27N5O2/c1-14-12-24(15-4-6-16(27-3)7-5-15)10-11-25(14)20(26)19-17-13-23(2)9-8-18(17)21-22-19/h4-7,14H,8-13H2,1-3H3,(H,21,22). The summed E-state index contributed by atoms with van der Waals surface area (Å²) in [5.41, 5.74) is 3.94. The summed E-state index contributed by atoms with van der Waals surface area (Å²) >= 11 is 0. The molecule has 144 valence electrons. The third kappa shape index (κ3) is 3.39. The SMILES string of the molecule is COc1ccc(N2CCN(C(=O)c3n[nH]c4c3CN(C)CC4)C(C)C2)cc1. The van der Waals surface area contributed by atoms with Gasteiger partial charge in [0.25, 0.3) is 5.91 Å². The van der Waals surface area contributed by atoms with Gasteiger partial charge in [0, 0.05) is 62.1 Å². The summed E-state index contributed by atoms with van der Waals surface area (Å²) in [5, 5.41) is 7.45. The highest BCUT2D eigenvalue weighted by Crippen LogP contribution is 2.25. The number of methoxy groups -OCH3 is 1. The molecule has 1 aromatic carbocycles. The molecule has 0 aliphatic carbocycles. The van der Waals surface area contributed by atoms with E-state index in [1.165, 1.54) is 0 Å². The molecule has 27 heavy (non-hydrogen) atoms. The Morgan fingerprint density at radius 3 is 2.70 bits per heavy atom. The van der Waals surface area contributed by atoms with Crippen molar-refractivity contribution in [3.8, 4) is 5.75 Å². The first kappa shape index (κ1) is 17.9. The molecule has 1 amide bonds. The van der Waals surface area contributed by atoms with Crippen molar-refractivity contribution in [2.24, 2.45) is 0 Å². The minimum absolute atomic E-state index is 0.0460. The Bertz CT molecular complexity index is 816. The third-order valence-corrected chi connectivity index (χ3v) is 5.65. The zero-order valence-corrected chi connectivity index (χ0v) is 16.2. The van der Waals surface area contributed by atoms with Crippen molar-refractivity contribution in [2.45, 2.75) is 25.9 Å². The maximum absolute atomic E-state index is 13.2. The van der Waals surface area contributed by atoms with E-state index in [0.29, 0.717) is 12.2 Å². The van der Waals surface area contributed by atoms with Gasteiger partial charge in [-0.25, -0.2) is 0 Å². The Morgan fingerprint density at radius 2 is 2.00 bits per heavy atom. The summed E-state index contributed by atoms with van der Waals surface area (Å²) in [5.74, 6) is 0.901. The fourth-order valence-electron chi connectivity index (χ4n) is 4.03. The number of hydrogen-bond donors (Lipinski definition) is 1. The summed E-state index contributed by atoms with van der Waals surface area (Å²) in [4.78, 5) is 19.7. The van der Waals surface area contributed by atoms with E-state index in [1.807, 2.05) is 17.0 Å². The molecule has 0 spiro atoms. The third-order valence-electron chi connectivity index (χ3n) is 5.65. The Morgan fingerprint density at radius 1 is 1.22 bits per heavy atom. The molecular weight excluding hydrogens is 342 g/mol. The number of nitrogens with zero attached hydrogens (tertiary/aromatic N) is 4. The number of fused-ring (bicyclic) bond motifs is 1. The predicted molar refractivity (Wildman–Crippen MR) is 104 cm³/mol. The first-order valence-electron chi connectivity index (χ1n) is 9.51. The van der Waals surface area contributed by atoms with Crippen LogP contribution in [-0.2, 0) is 13.0 Å². The molecule has 1 aromatic heterocycles. The van der Waals surface area contributed by atoms with E-state index in [1.54, 1.807) is 7.11 Å². The number of piperazine rings is 1. The van der Waals surface area contributed by atoms with Crippen molar-refractivity contribution >= 4 is 11.6 Å². The highest BCUT2D eigenvalue weighted by Gasteiger charge is 2.32. The molecule has 7 heteroatoms. The average molecular weight is 369 g/mol. The van der Waals surface area contributed by atoms with E-state index >= 15 is 0 Å². The summed E-state index contributed by atoms with van der Waals surface area (Å²) in [6.07, 6.45) is 0.924. The van der Waals surface area contributed by atoms with Gasteiger partial charge in [0.15, 0.2) is 5.69 Å². The highest BCUT2D eigenvalue weighted by molar-refractivity contribution is 5.94. The second kappa shape index (κ2) is 7.23. The van der Waals surface area contributed by atoms with Crippen LogP contribution < -0.4 is 9.64 Å². The normalized spacial score (nSPS) is 20.5. The molecule has 2 aliphatic heterocycles. The number of ether oxygens (including phenoxy) is 1. The number of aromatic amines is 1. The summed E-state index contributed by atoms with van der Waals surface area (Å²) in [6.45, 7) is 6.22. The van der Waals surface area contributed by atoms with Crippen LogP contribution in [0.5, 0.6) is 5.75 Å². The molecule has 0 bridgehead atoms. The summed E-state index contributed by atoms with van der Waals surface area (Å²) in [6, 6.07) is 8.22. The topological polar surface area (TPSA) is 64.7 Å². The van der Waals surface area contributed by atoms with Crippen LogP contribution >= 0.6 is 0 Å². The average Bonchev–Trinajstić information content (AvgIpc) is 3.10. The molecule has 0 saturated carbocycles. The van der Waals surface area contributed by atoms with Gasteiger partial charge in [0.2, 0.25) is 0 Å². The minimum atomic E-state index is 0.0460. The maximum atomic E-state index is 13.2. The number of likely N-dealkylation sites (N-methyl/N-ethyl adjacent to an activating group) is 1. The number of nitrogens with one attached hydrogen (secondary N) is 1. The van der Waals surface area contributed by atoms with Crippen molar-refractivity contribution < 1.29 is 9.53 Å². The lowest BCUT2D eigenvalue weighted by atomic mass is 10.0. The summed E-state index contributed by atoms with van der Waals surface area (Å²) < 4.78 is 5.24. The van der Waals surface area contributed by atoms with Crippen LogP contribution in [0.3, 0.4) is 0 Å². The van der Waals surface area contributed by atoms with Crippen molar-refractivity contribution in [3.05, 3.63) is 41.2 Å². The molecule has 3 heterocycles. The largest absolute Gasteiger partial charge is 0.497 e. The molecule has 7 nitrogen and oxygen atoms in total. The number of anilines is 1. The Balaban J connectivity index is 1.47. The first-order valence-corrected chi connectivity index (χ1v) is 9.51. The molecule has 1 atom stereocenters. The monoisotopic (exact) mass is 369 g/mol. The van der Waals surface area contributed by atoms with E-state index in [9.17, 15) is 4.79 Å². The Hall–Kier alpha value is -2.54. The van der Waals surface area contributed by atoms with Crippen LogP contribution in [0.15, 0.2) is 24.3 Å². The highest BCUT2D eigenvalue weighted by atomic mass is 16.5. The molecular formula is C20H27N5O2. The molecule has 2 aromatic rings. The summed E-state index contributed by atoms with van der Waals surface area (Å²) in [7, 11) is 3.76. The first-order chi connectivity index (χ1) is 13.1. The van der Waals surface area contributed by atoms with Gasteiger partial charge in [-0.15, -0.1) is 0 Å². The number of benzene rings is 1. The van der Waals surface area contributed by atoms with Crippen molar-refractivity contribution in [3.63, 3.8) is 0 Å². The molecule has 1 saturated heterocycles. The van der Waals surface area contributed by atoms with Crippen LogP contribution in [0.2, 0.25) is 0 Å². The molecule has 1 N–H and O–H groups in total. The van der Waals surface area contributed by atoms with Crippen LogP contribution in [0.1, 0.15) is 28.7 Å². The number of carbonyl (C=O) groups excluding carboxylic acids is 1. The molecule has 1 fully saturated rings. The van der Waals surface area contributed by atoms with Gasteiger partial charge < -0.3 is 19.4 Å². The lowest BCUT2D eigenvalue weighted by Gasteiger charge is -2.41. The fourth-order valence-corrected chi connectivity index (χ4v) is 4.03. The molecule has 2 aliphatic rings. The quantitative estimate of drug-likeness (QED) is 0.893. The van der Waals surface area contributed by atoms with Gasteiger partial charge in [-0.1, -0.05) is 0 Å². The van der Waals surface area contributed by atoms with Gasteiger partial charge in [-0.3, -0.25) is 9.89 Å².